The summed E-state index contributed by atoms with van der Waals surface area (Å²) < 4.78 is 0. The van der Waals surface area contributed by atoms with Crippen molar-refractivity contribution < 1.29 is 0 Å². The third kappa shape index (κ3) is 21.8. The molecule has 110 valence electrons. The monoisotopic (exact) mass is 246 g/mol. The topological polar surface area (TPSA) is 0 Å². The lowest BCUT2D eigenvalue weighted by molar-refractivity contribution is 0.336. The van der Waals surface area contributed by atoms with Gasteiger partial charge in [-0.25, -0.2) is 0 Å². The van der Waals surface area contributed by atoms with Crippen molar-refractivity contribution in [1.29, 1.82) is 0 Å². The predicted octanol–water partition coefficient (Wildman–Crippen LogP) is 7.18. The van der Waals surface area contributed by atoms with E-state index in [1.807, 2.05) is 27.7 Å². The summed E-state index contributed by atoms with van der Waals surface area (Å²) in [5.41, 5.74) is 0. The minimum Gasteiger partial charge on any atom is -0.0776 e. The van der Waals surface area contributed by atoms with Crippen LogP contribution in [0.3, 0.4) is 0 Å². The van der Waals surface area contributed by atoms with E-state index in [-0.39, 0.29) is 7.43 Å². The van der Waals surface area contributed by atoms with Gasteiger partial charge in [0.2, 0.25) is 0 Å². The molecule has 0 saturated heterocycles. The number of hydrogen-bond donors (Lipinski definition) is 0. The molecule has 0 amide bonds. The average Bonchev–Trinajstić information content (AvgIpc) is 2.32. The van der Waals surface area contributed by atoms with Gasteiger partial charge in [-0.2, -0.15) is 0 Å². The fourth-order valence-electron chi connectivity index (χ4n) is 1.53. The Morgan fingerprint density at radius 2 is 1.12 bits per heavy atom. The zero-order valence-electron chi connectivity index (χ0n) is 13.6. The summed E-state index contributed by atoms with van der Waals surface area (Å²) in [6.45, 7) is 19.7. The van der Waals surface area contributed by atoms with Crippen LogP contribution in [0.4, 0.5) is 0 Å². The molecule has 0 fully saturated rings. The zero-order chi connectivity index (χ0) is 13.6. The summed E-state index contributed by atoms with van der Waals surface area (Å²) in [7, 11) is 0. The quantitative estimate of drug-likeness (QED) is 0.465. The maximum absolute atomic E-state index is 2.40. The van der Waals surface area contributed by atoms with E-state index >= 15 is 0 Å². The normalized spacial score (nSPS) is 12.4. The van der Waals surface area contributed by atoms with Crippen molar-refractivity contribution in [2.75, 3.05) is 0 Å². The molecule has 0 rings (SSSR count). The lowest BCUT2D eigenvalue weighted by Crippen LogP contribution is -2.06. The third-order valence-electron chi connectivity index (χ3n) is 3.06. The van der Waals surface area contributed by atoms with Crippen molar-refractivity contribution in [3.8, 4) is 0 Å². The molecule has 0 heteroatoms. The lowest BCUT2D eigenvalue weighted by atomic mass is 9.88. The van der Waals surface area contributed by atoms with E-state index in [1.54, 1.807) is 0 Å². The van der Waals surface area contributed by atoms with E-state index in [9.17, 15) is 0 Å². The second-order valence-electron chi connectivity index (χ2n) is 4.69. The molecule has 0 aliphatic carbocycles. The van der Waals surface area contributed by atoms with E-state index < -0.39 is 0 Å². The SMILES string of the molecule is C.CC.CC.CCC(C)C(C)CCCC(C)C. The average molecular weight is 247 g/mol. The van der Waals surface area contributed by atoms with Crippen molar-refractivity contribution in [1.82, 2.24) is 0 Å². The Balaban J connectivity index is -0.000000152. The standard InChI is InChI=1S/C12H26.2C2H6.CH4/c1-6-11(4)12(5)9-7-8-10(2)3;2*1-2;/h10-12H,6-9H2,1-5H3;2*1-2H3;1H4. The summed E-state index contributed by atoms with van der Waals surface area (Å²) in [6, 6.07) is 0. The Morgan fingerprint density at radius 3 is 1.41 bits per heavy atom. The van der Waals surface area contributed by atoms with E-state index in [0.717, 1.165) is 17.8 Å². The van der Waals surface area contributed by atoms with Crippen molar-refractivity contribution in [2.24, 2.45) is 17.8 Å². The Morgan fingerprint density at radius 1 is 0.706 bits per heavy atom. The highest BCUT2D eigenvalue weighted by atomic mass is 14.1. The van der Waals surface area contributed by atoms with Crippen LogP contribution in [0.1, 0.15) is 95.4 Å². The van der Waals surface area contributed by atoms with Gasteiger partial charge in [0.15, 0.2) is 0 Å². The Kier molecular flexibility index (Phi) is 32.3. The van der Waals surface area contributed by atoms with Gasteiger partial charge in [-0.05, 0) is 17.8 Å². The minimum atomic E-state index is 0. The van der Waals surface area contributed by atoms with Crippen LogP contribution < -0.4 is 0 Å². The molecule has 0 nitrogen and oxygen atoms in total. The van der Waals surface area contributed by atoms with Crippen LogP contribution in [0.25, 0.3) is 0 Å². The number of hydrogen-bond acceptors (Lipinski definition) is 0. The highest BCUT2D eigenvalue weighted by Gasteiger charge is 2.09. The molecule has 0 aliphatic rings. The maximum atomic E-state index is 2.40. The van der Waals surface area contributed by atoms with Crippen LogP contribution >= 0.6 is 0 Å². The van der Waals surface area contributed by atoms with Gasteiger partial charge in [0.1, 0.15) is 0 Å². The maximum Gasteiger partial charge on any atom is -0.0417 e. The first kappa shape index (κ1) is 25.8. The Bertz CT molecular complexity index is 94.2. The van der Waals surface area contributed by atoms with Gasteiger partial charge < -0.3 is 0 Å². The zero-order valence-corrected chi connectivity index (χ0v) is 13.6. The first-order valence-corrected chi connectivity index (χ1v) is 7.57. The third-order valence-corrected chi connectivity index (χ3v) is 3.06. The summed E-state index contributed by atoms with van der Waals surface area (Å²) in [6.07, 6.45) is 5.58. The molecule has 0 spiro atoms. The summed E-state index contributed by atoms with van der Waals surface area (Å²) >= 11 is 0. The van der Waals surface area contributed by atoms with Gasteiger partial charge in [0, 0.05) is 0 Å². The summed E-state index contributed by atoms with van der Waals surface area (Å²) in [5.74, 6) is 2.72. The first-order valence-electron chi connectivity index (χ1n) is 7.57. The molecule has 0 aromatic rings. The smallest absolute Gasteiger partial charge is 0.0417 e. The number of rotatable bonds is 6. The van der Waals surface area contributed by atoms with E-state index in [4.69, 9.17) is 0 Å². The molecular formula is C17H42. The Hall–Kier alpha value is 0. The first-order chi connectivity index (χ1) is 7.57. The van der Waals surface area contributed by atoms with E-state index in [0.29, 0.717) is 0 Å². The highest BCUT2D eigenvalue weighted by Crippen LogP contribution is 2.21. The molecule has 0 aromatic heterocycles. The fourth-order valence-corrected chi connectivity index (χ4v) is 1.53. The van der Waals surface area contributed by atoms with Crippen molar-refractivity contribution in [2.45, 2.75) is 95.4 Å². The summed E-state index contributed by atoms with van der Waals surface area (Å²) in [4.78, 5) is 0. The molecule has 17 heavy (non-hydrogen) atoms. The fraction of sp³-hybridized carbons (Fsp3) is 1.00. The second kappa shape index (κ2) is 21.3. The van der Waals surface area contributed by atoms with Crippen LogP contribution in [0.15, 0.2) is 0 Å². The van der Waals surface area contributed by atoms with Crippen LogP contribution in [-0.4, -0.2) is 0 Å². The van der Waals surface area contributed by atoms with Gasteiger partial charge in [0.25, 0.3) is 0 Å². The molecular weight excluding hydrogens is 204 g/mol. The van der Waals surface area contributed by atoms with Gasteiger partial charge in [-0.1, -0.05) is 95.4 Å². The van der Waals surface area contributed by atoms with Gasteiger partial charge in [-0.15, -0.1) is 0 Å². The summed E-state index contributed by atoms with van der Waals surface area (Å²) in [5, 5.41) is 0. The van der Waals surface area contributed by atoms with Crippen LogP contribution in [-0.2, 0) is 0 Å². The van der Waals surface area contributed by atoms with Gasteiger partial charge >= 0.3 is 0 Å². The van der Waals surface area contributed by atoms with Crippen LogP contribution in [0, 0.1) is 17.8 Å². The molecule has 0 N–H and O–H groups in total. The largest absolute Gasteiger partial charge is 0.0776 e. The van der Waals surface area contributed by atoms with E-state index in [1.165, 1.54) is 25.7 Å². The van der Waals surface area contributed by atoms with Crippen molar-refractivity contribution in [3.05, 3.63) is 0 Å². The lowest BCUT2D eigenvalue weighted by Gasteiger charge is -2.18. The highest BCUT2D eigenvalue weighted by molar-refractivity contribution is 4.60. The van der Waals surface area contributed by atoms with Crippen LogP contribution in [0.5, 0.6) is 0 Å². The minimum absolute atomic E-state index is 0. The van der Waals surface area contributed by atoms with Crippen LogP contribution in [0.2, 0.25) is 0 Å². The Labute approximate surface area is 114 Å². The van der Waals surface area contributed by atoms with Crippen molar-refractivity contribution in [3.63, 3.8) is 0 Å². The molecule has 0 radical (unpaired) electrons. The molecule has 0 bridgehead atoms. The van der Waals surface area contributed by atoms with Gasteiger partial charge in [-0.3, -0.25) is 0 Å². The second-order valence-corrected chi connectivity index (χ2v) is 4.69. The molecule has 2 atom stereocenters. The molecule has 0 aliphatic heterocycles. The predicted molar refractivity (Wildman–Crippen MR) is 86.7 cm³/mol. The molecule has 0 saturated carbocycles. The molecule has 0 heterocycles. The molecule has 0 aromatic carbocycles. The van der Waals surface area contributed by atoms with E-state index in [2.05, 4.69) is 34.6 Å². The van der Waals surface area contributed by atoms with Gasteiger partial charge in [0.05, 0.1) is 0 Å². The van der Waals surface area contributed by atoms with Crippen molar-refractivity contribution >= 4 is 0 Å². The molecule has 2 unspecified atom stereocenters.